The molecule has 3 rings (SSSR count). The number of hydrogen-bond donors (Lipinski definition) is 1. The number of aryl methyl sites for hydroxylation is 2. The van der Waals surface area contributed by atoms with Crippen molar-refractivity contribution in [2.75, 3.05) is 11.3 Å². The van der Waals surface area contributed by atoms with E-state index < -0.39 is 16.0 Å². The molecule has 0 bridgehead atoms. The molecule has 0 saturated carbocycles. The van der Waals surface area contributed by atoms with E-state index >= 15 is 0 Å². The van der Waals surface area contributed by atoms with Crippen LogP contribution in [0.4, 0.5) is 5.69 Å². The summed E-state index contributed by atoms with van der Waals surface area (Å²) in [4.78, 5) is 11.6. The first-order chi connectivity index (χ1) is 13.2. The van der Waals surface area contributed by atoms with Crippen LogP contribution in [0.1, 0.15) is 23.1 Å². The van der Waals surface area contributed by atoms with E-state index in [0.717, 1.165) is 0 Å². The van der Waals surface area contributed by atoms with Crippen LogP contribution in [0, 0.1) is 6.92 Å². The van der Waals surface area contributed by atoms with Crippen LogP contribution in [0.15, 0.2) is 41.4 Å². The van der Waals surface area contributed by atoms with E-state index in [0.29, 0.717) is 17.1 Å². The van der Waals surface area contributed by atoms with Crippen molar-refractivity contribution in [3.8, 4) is 5.69 Å². The monoisotopic (exact) mass is 423 g/mol. The van der Waals surface area contributed by atoms with Crippen LogP contribution in [0.2, 0.25) is 5.15 Å². The van der Waals surface area contributed by atoms with Crippen LogP contribution in [-0.4, -0.2) is 40.6 Å². The van der Waals surface area contributed by atoms with Gasteiger partial charge in [-0.1, -0.05) is 11.6 Å². The van der Waals surface area contributed by atoms with Gasteiger partial charge >= 0.3 is 5.97 Å². The first-order valence-corrected chi connectivity index (χ1v) is 10.1. The minimum absolute atomic E-state index is 0.0321. The van der Waals surface area contributed by atoms with Crippen molar-refractivity contribution in [3.05, 3.63) is 53.1 Å². The molecule has 0 fully saturated rings. The Morgan fingerprint density at radius 1 is 1.21 bits per heavy atom. The zero-order chi connectivity index (χ0) is 20.5. The molecular formula is C17H18ClN5O4S. The van der Waals surface area contributed by atoms with Gasteiger partial charge in [0.25, 0.3) is 10.0 Å². The number of carbonyl (C=O) groups is 1. The average molecular weight is 424 g/mol. The Morgan fingerprint density at radius 2 is 1.89 bits per heavy atom. The molecule has 0 radical (unpaired) electrons. The summed E-state index contributed by atoms with van der Waals surface area (Å²) in [7, 11) is -2.33. The maximum Gasteiger partial charge on any atom is 0.358 e. The van der Waals surface area contributed by atoms with Gasteiger partial charge < -0.3 is 4.74 Å². The number of aromatic nitrogens is 4. The Balaban J connectivity index is 1.80. The topological polar surface area (TPSA) is 108 Å². The van der Waals surface area contributed by atoms with Crippen molar-refractivity contribution in [1.29, 1.82) is 0 Å². The highest BCUT2D eigenvalue weighted by molar-refractivity contribution is 7.92. The van der Waals surface area contributed by atoms with E-state index in [-0.39, 0.29) is 22.3 Å². The predicted molar refractivity (Wildman–Crippen MR) is 103 cm³/mol. The van der Waals surface area contributed by atoms with Gasteiger partial charge in [-0.05, 0) is 44.2 Å². The molecule has 0 aliphatic rings. The third-order valence-electron chi connectivity index (χ3n) is 3.83. The minimum Gasteiger partial charge on any atom is -0.461 e. The molecule has 1 aromatic carbocycles. The minimum atomic E-state index is -3.89. The number of carbonyl (C=O) groups excluding carboxylic acids is 1. The fraction of sp³-hybridized carbons (Fsp3) is 0.235. The molecule has 148 valence electrons. The summed E-state index contributed by atoms with van der Waals surface area (Å²) < 4.78 is 35.4. The third kappa shape index (κ3) is 3.87. The van der Waals surface area contributed by atoms with Crippen LogP contribution < -0.4 is 4.72 Å². The molecular weight excluding hydrogens is 406 g/mol. The number of benzene rings is 1. The summed E-state index contributed by atoms with van der Waals surface area (Å²) in [6, 6.07) is 8.03. The molecule has 0 saturated heterocycles. The largest absolute Gasteiger partial charge is 0.461 e. The van der Waals surface area contributed by atoms with Crippen molar-refractivity contribution in [2.24, 2.45) is 7.05 Å². The van der Waals surface area contributed by atoms with Gasteiger partial charge in [-0.3, -0.25) is 9.40 Å². The van der Waals surface area contributed by atoms with Crippen molar-refractivity contribution < 1.29 is 17.9 Å². The van der Waals surface area contributed by atoms with Crippen molar-refractivity contribution >= 4 is 33.3 Å². The van der Waals surface area contributed by atoms with E-state index in [1.54, 1.807) is 57.4 Å². The lowest BCUT2D eigenvalue weighted by Crippen LogP contribution is -2.14. The standard InChI is InChI=1S/C17H18ClN5O4S/c1-4-27-17(24)14-9-10-23(20-14)13-7-5-12(6-8-13)21-28(25,26)15-11(2)19-22(3)16(15)18/h5-10,21H,4H2,1-3H3. The highest BCUT2D eigenvalue weighted by Crippen LogP contribution is 2.26. The Labute approximate surface area is 166 Å². The number of ether oxygens (including phenoxy) is 1. The van der Waals surface area contributed by atoms with Gasteiger partial charge in [0.15, 0.2) is 5.69 Å². The molecule has 0 spiro atoms. The van der Waals surface area contributed by atoms with Gasteiger partial charge in [0.05, 0.1) is 18.0 Å². The highest BCUT2D eigenvalue weighted by Gasteiger charge is 2.25. The summed E-state index contributed by atoms with van der Waals surface area (Å²) in [5.74, 6) is -0.505. The van der Waals surface area contributed by atoms with E-state index in [1.165, 1.54) is 9.36 Å². The number of nitrogens with zero attached hydrogens (tertiary/aromatic N) is 4. The lowest BCUT2D eigenvalue weighted by atomic mass is 10.3. The van der Waals surface area contributed by atoms with Gasteiger partial charge in [0.2, 0.25) is 0 Å². The second-order valence-electron chi connectivity index (χ2n) is 5.85. The lowest BCUT2D eigenvalue weighted by Gasteiger charge is -2.09. The quantitative estimate of drug-likeness (QED) is 0.610. The van der Waals surface area contributed by atoms with Gasteiger partial charge in [-0.15, -0.1) is 0 Å². The van der Waals surface area contributed by atoms with Gasteiger partial charge in [-0.25, -0.2) is 17.9 Å². The van der Waals surface area contributed by atoms with Crippen molar-refractivity contribution in [1.82, 2.24) is 19.6 Å². The number of sulfonamides is 1. The van der Waals surface area contributed by atoms with Crippen LogP contribution in [0.3, 0.4) is 0 Å². The second-order valence-corrected chi connectivity index (χ2v) is 7.82. The zero-order valence-corrected chi connectivity index (χ0v) is 17.0. The number of hydrogen-bond acceptors (Lipinski definition) is 6. The number of anilines is 1. The Kier molecular flexibility index (Phi) is 5.43. The molecule has 0 aliphatic carbocycles. The number of nitrogens with one attached hydrogen (secondary N) is 1. The third-order valence-corrected chi connectivity index (χ3v) is 5.90. The summed E-state index contributed by atoms with van der Waals surface area (Å²) in [6.07, 6.45) is 1.62. The molecule has 0 amide bonds. The van der Waals surface area contributed by atoms with Crippen molar-refractivity contribution in [2.45, 2.75) is 18.7 Å². The van der Waals surface area contributed by atoms with Gasteiger partial charge in [0.1, 0.15) is 10.0 Å². The van der Waals surface area contributed by atoms with Crippen LogP contribution >= 0.6 is 11.6 Å². The number of halogens is 1. The van der Waals surface area contributed by atoms with E-state index in [9.17, 15) is 13.2 Å². The summed E-state index contributed by atoms with van der Waals surface area (Å²) in [5.41, 5.74) is 1.49. The first kappa shape index (κ1) is 19.9. The molecule has 1 N–H and O–H groups in total. The predicted octanol–water partition coefficient (Wildman–Crippen LogP) is 2.55. The van der Waals surface area contributed by atoms with Crippen LogP contribution in [0.25, 0.3) is 5.69 Å². The fourth-order valence-corrected chi connectivity index (χ4v) is 4.40. The van der Waals surface area contributed by atoms with E-state index in [4.69, 9.17) is 16.3 Å². The number of esters is 1. The second kappa shape index (κ2) is 7.64. The smallest absolute Gasteiger partial charge is 0.358 e. The molecule has 9 nitrogen and oxygen atoms in total. The molecule has 2 heterocycles. The highest BCUT2D eigenvalue weighted by atomic mass is 35.5. The van der Waals surface area contributed by atoms with Crippen LogP contribution in [0.5, 0.6) is 0 Å². The average Bonchev–Trinajstić information content (AvgIpc) is 3.21. The molecule has 11 heteroatoms. The zero-order valence-electron chi connectivity index (χ0n) is 15.4. The first-order valence-electron chi connectivity index (χ1n) is 8.28. The molecule has 3 aromatic rings. The van der Waals surface area contributed by atoms with E-state index in [2.05, 4.69) is 14.9 Å². The van der Waals surface area contributed by atoms with Crippen molar-refractivity contribution in [3.63, 3.8) is 0 Å². The summed E-state index contributed by atoms with van der Waals surface area (Å²) >= 11 is 6.05. The van der Waals surface area contributed by atoms with Gasteiger partial charge in [0, 0.05) is 18.9 Å². The Hall–Kier alpha value is -2.85. The molecule has 2 aromatic heterocycles. The maximum atomic E-state index is 12.6. The SMILES string of the molecule is CCOC(=O)c1ccn(-c2ccc(NS(=O)(=O)c3c(C)nn(C)c3Cl)cc2)n1. The number of rotatable bonds is 6. The Bertz CT molecular complexity index is 1120. The Morgan fingerprint density at radius 3 is 2.46 bits per heavy atom. The molecule has 0 aliphatic heterocycles. The molecule has 0 unspecified atom stereocenters. The normalized spacial score (nSPS) is 11.4. The maximum absolute atomic E-state index is 12.6. The molecule has 0 atom stereocenters. The fourth-order valence-electron chi connectivity index (χ4n) is 2.59. The summed E-state index contributed by atoms with van der Waals surface area (Å²) in [5, 5.41) is 8.20. The lowest BCUT2D eigenvalue weighted by molar-refractivity contribution is 0.0519. The molecule has 28 heavy (non-hydrogen) atoms. The van der Waals surface area contributed by atoms with Gasteiger partial charge in [-0.2, -0.15) is 10.2 Å². The van der Waals surface area contributed by atoms with E-state index in [1.807, 2.05) is 0 Å². The van der Waals surface area contributed by atoms with Crippen LogP contribution in [-0.2, 0) is 21.8 Å². The summed E-state index contributed by atoms with van der Waals surface area (Å²) in [6.45, 7) is 3.55.